The van der Waals surface area contributed by atoms with Gasteiger partial charge in [0, 0.05) is 12.4 Å². The third-order valence-electron chi connectivity index (χ3n) is 2.43. The van der Waals surface area contributed by atoms with Crippen molar-refractivity contribution < 1.29 is 14.4 Å². The molecule has 0 atom stereocenters. The van der Waals surface area contributed by atoms with Crippen molar-refractivity contribution in [1.29, 1.82) is 5.26 Å². The topological polar surface area (TPSA) is 125 Å². The van der Waals surface area contributed by atoms with Gasteiger partial charge in [-0.15, -0.1) is 0 Å². The van der Waals surface area contributed by atoms with Crippen LogP contribution in [-0.2, 0) is 4.79 Å². The van der Waals surface area contributed by atoms with Crippen LogP contribution in [0.3, 0.4) is 0 Å². The molecule has 0 spiro atoms. The van der Waals surface area contributed by atoms with E-state index in [1.54, 1.807) is 13.0 Å². The van der Waals surface area contributed by atoms with Crippen LogP contribution < -0.4 is 5.32 Å². The molecule has 2 aromatic rings. The summed E-state index contributed by atoms with van der Waals surface area (Å²) in [5.41, 5.74) is -0.328. The fraction of sp³-hybridized carbons (Fsp3) is 0.0833. The molecule has 0 bridgehead atoms. The first-order valence-corrected chi connectivity index (χ1v) is 6.36. The number of aryl methyl sites for hydroxylation is 1. The Morgan fingerprint density at radius 2 is 2.10 bits per heavy atom. The molecule has 21 heavy (non-hydrogen) atoms. The minimum Gasteiger partial charge on any atom is -0.506 e. The summed E-state index contributed by atoms with van der Waals surface area (Å²) in [6.45, 7) is 1.54. The van der Waals surface area contributed by atoms with E-state index >= 15 is 0 Å². The molecule has 2 heterocycles. The van der Waals surface area contributed by atoms with Crippen LogP contribution in [0, 0.1) is 18.3 Å². The van der Waals surface area contributed by atoms with Gasteiger partial charge in [0.15, 0.2) is 11.3 Å². The highest BCUT2D eigenvalue weighted by molar-refractivity contribution is 9.10. The molecule has 106 valence electrons. The zero-order chi connectivity index (χ0) is 15.4. The standard InChI is InChI=1S/C12H8BrN5O3/c1-6-9(5-17-21-6)10(19)8(2-14)11(20)18-12-15-3-7(13)4-16-12/h3-5,19H,1H3,(H,15,16,18,20). The Hall–Kier alpha value is -2.73. The van der Waals surface area contributed by atoms with Gasteiger partial charge in [0.1, 0.15) is 11.8 Å². The van der Waals surface area contributed by atoms with Gasteiger partial charge in [0.25, 0.3) is 5.91 Å². The van der Waals surface area contributed by atoms with E-state index in [1.165, 1.54) is 18.6 Å². The number of hydrogen-bond donors (Lipinski definition) is 2. The lowest BCUT2D eigenvalue weighted by molar-refractivity contribution is -0.112. The van der Waals surface area contributed by atoms with Gasteiger partial charge in [-0.25, -0.2) is 9.97 Å². The molecule has 0 aliphatic carbocycles. The molecule has 0 saturated carbocycles. The van der Waals surface area contributed by atoms with E-state index in [4.69, 9.17) is 9.78 Å². The molecule has 9 heteroatoms. The molecule has 2 rings (SSSR count). The fourth-order valence-electron chi connectivity index (χ4n) is 1.41. The lowest BCUT2D eigenvalue weighted by Crippen LogP contribution is -2.17. The van der Waals surface area contributed by atoms with Crippen LogP contribution in [0.2, 0.25) is 0 Å². The highest BCUT2D eigenvalue weighted by Crippen LogP contribution is 2.20. The summed E-state index contributed by atoms with van der Waals surface area (Å²) in [5, 5.41) is 24.8. The molecule has 8 nitrogen and oxygen atoms in total. The summed E-state index contributed by atoms with van der Waals surface area (Å²) in [6.07, 6.45) is 4.08. The number of amides is 1. The first-order chi connectivity index (χ1) is 10.0. The van der Waals surface area contributed by atoms with Crippen molar-refractivity contribution in [3.63, 3.8) is 0 Å². The third kappa shape index (κ3) is 3.24. The summed E-state index contributed by atoms with van der Waals surface area (Å²) in [5.74, 6) is -1.07. The Morgan fingerprint density at radius 1 is 1.43 bits per heavy atom. The number of carbonyl (C=O) groups excluding carboxylic acids is 1. The first-order valence-electron chi connectivity index (χ1n) is 5.56. The van der Waals surface area contributed by atoms with Crippen LogP contribution in [0.15, 0.2) is 33.2 Å². The van der Waals surface area contributed by atoms with E-state index in [1.807, 2.05) is 0 Å². The van der Waals surface area contributed by atoms with Crippen molar-refractivity contribution in [2.75, 3.05) is 5.32 Å². The number of aliphatic hydroxyl groups excluding tert-OH is 1. The summed E-state index contributed by atoms with van der Waals surface area (Å²) >= 11 is 3.15. The van der Waals surface area contributed by atoms with E-state index in [9.17, 15) is 9.90 Å². The Labute approximate surface area is 127 Å². The molecule has 0 aliphatic heterocycles. The monoisotopic (exact) mass is 349 g/mol. The Morgan fingerprint density at radius 3 is 2.62 bits per heavy atom. The summed E-state index contributed by atoms with van der Waals surface area (Å²) in [6, 6.07) is 1.63. The minimum absolute atomic E-state index is 0.00536. The Bertz CT molecular complexity index is 745. The van der Waals surface area contributed by atoms with E-state index in [-0.39, 0.29) is 17.3 Å². The molecular formula is C12H8BrN5O3. The number of hydrogen-bond acceptors (Lipinski definition) is 7. The number of anilines is 1. The van der Waals surface area contributed by atoms with E-state index < -0.39 is 17.2 Å². The number of nitriles is 1. The van der Waals surface area contributed by atoms with Gasteiger partial charge in [-0.2, -0.15) is 5.26 Å². The van der Waals surface area contributed by atoms with Gasteiger partial charge >= 0.3 is 0 Å². The highest BCUT2D eigenvalue weighted by Gasteiger charge is 2.20. The van der Waals surface area contributed by atoms with Crippen molar-refractivity contribution in [1.82, 2.24) is 15.1 Å². The van der Waals surface area contributed by atoms with Crippen LogP contribution in [0.5, 0.6) is 0 Å². The summed E-state index contributed by atoms with van der Waals surface area (Å²) in [4.78, 5) is 19.7. The average molecular weight is 350 g/mol. The van der Waals surface area contributed by atoms with E-state index in [2.05, 4.69) is 36.4 Å². The average Bonchev–Trinajstić information content (AvgIpc) is 2.88. The van der Waals surface area contributed by atoms with E-state index in [0.717, 1.165) is 0 Å². The second kappa shape index (κ2) is 6.15. The van der Waals surface area contributed by atoms with Gasteiger partial charge in [-0.1, -0.05) is 5.16 Å². The smallest absolute Gasteiger partial charge is 0.272 e. The number of rotatable bonds is 3. The number of carbonyl (C=O) groups is 1. The zero-order valence-electron chi connectivity index (χ0n) is 10.7. The maximum absolute atomic E-state index is 12.0. The lowest BCUT2D eigenvalue weighted by atomic mass is 10.1. The largest absolute Gasteiger partial charge is 0.506 e. The molecule has 1 amide bonds. The highest BCUT2D eigenvalue weighted by atomic mass is 79.9. The zero-order valence-corrected chi connectivity index (χ0v) is 12.2. The minimum atomic E-state index is -0.835. The number of aromatic nitrogens is 3. The summed E-state index contributed by atoms with van der Waals surface area (Å²) < 4.78 is 5.41. The number of nitrogens with zero attached hydrogens (tertiary/aromatic N) is 4. The normalized spacial score (nSPS) is 11.5. The first kappa shape index (κ1) is 14.7. The van der Waals surface area contributed by atoms with Crippen LogP contribution in [0.1, 0.15) is 11.3 Å². The van der Waals surface area contributed by atoms with Gasteiger partial charge in [-0.05, 0) is 22.9 Å². The second-order valence-electron chi connectivity index (χ2n) is 3.81. The van der Waals surface area contributed by atoms with Gasteiger partial charge in [-0.3, -0.25) is 10.1 Å². The molecular weight excluding hydrogens is 342 g/mol. The van der Waals surface area contributed by atoms with Gasteiger partial charge in [0.05, 0.1) is 16.2 Å². The maximum atomic E-state index is 12.0. The molecule has 0 saturated heterocycles. The molecule has 0 aromatic carbocycles. The molecule has 2 aromatic heterocycles. The maximum Gasteiger partial charge on any atom is 0.272 e. The van der Waals surface area contributed by atoms with Crippen molar-refractivity contribution in [2.24, 2.45) is 0 Å². The second-order valence-corrected chi connectivity index (χ2v) is 4.73. The number of aliphatic hydroxyl groups is 1. The number of halogens is 1. The SMILES string of the molecule is Cc1oncc1C(O)=C(C#N)C(=O)Nc1ncc(Br)cn1. The van der Waals surface area contributed by atoms with Crippen molar-refractivity contribution in [3.8, 4) is 6.07 Å². The van der Waals surface area contributed by atoms with Gasteiger partial charge in [0.2, 0.25) is 5.95 Å². The van der Waals surface area contributed by atoms with Crippen LogP contribution in [-0.4, -0.2) is 26.1 Å². The predicted octanol–water partition coefficient (Wildman–Crippen LogP) is 1.97. The Balaban J connectivity index is 2.29. The van der Waals surface area contributed by atoms with Crippen molar-refractivity contribution in [3.05, 3.63) is 40.0 Å². The number of nitrogens with one attached hydrogen (secondary N) is 1. The molecule has 0 fully saturated rings. The van der Waals surface area contributed by atoms with Crippen LogP contribution >= 0.6 is 15.9 Å². The van der Waals surface area contributed by atoms with E-state index in [0.29, 0.717) is 4.47 Å². The van der Waals surface area contributed by atoms with Crippen LogP contribution in [0.25, 0.3) is 5.76 Å². The summed E-state index contributed by atoms with van der Waals surface area (Å²) in [7, 11) is 0. The molecule has 0 unspecified atom stereocenters. The van der Waals surface area contributed by atoms with Gasteiger partial charge < -0.3 is 9.63 Å². The Kier molecular flexibility index (Phi) is 4.30. The van der Waals surface area contributed by atoms with Crippen molar-refractivity contribution in [2.45, 2.75) is 6.92 Å². The molecule has 2 N–H and O–H groups in total. The van der Waals surface area contributed by atoms with Crippen molar-refractivity contribution >= 4 is 33.5 Å². The third-order valence-corrected chi connectivity index (χ3v) is 2.84. The quantitative estimate of drug-likeness (QED) is 0.492. The van der Waals surface area contributed by atoms with Crippen LogP contribution in [0.4, 0.5) is 5.95 Å². The molecule has 0 aliphatic rings. The predicted molar refractivity (Wildman–Crippen MR) is 74.8 cm³/mol. The fourth-order valence-corrected chi connectivity index (χ4v) is 1.62. The lowest BCUT2D eigenvalue weighted by Gasteiger charge is -2.04. The molecule has 0 radical (unpaired) electrons.